The van der Waals surface area contributed by atoms with Crippen molar-refractivity contribution in [3.8, 4) is 0 Å². The van der Waals surface area contributed by atoms with Crippen LogP contribution in [-0.2, 0) is 4.79 Å². The molecule has 0 saturated carbocycles. The highest BCUT2D eigenvalue weighted by molar-refractivity contribution is 6.30. The third-order valence-corrected chi connectivity index (χ3v) is 4.93. The van der Waals surface area contributed by atoms with E-state index in [1.54, 1.807) is 12.1 Å². The number of rotatable bonds is 3. The first-order valence-electron chi connectivity index (χ1n) is 8.42. The Hall–Kier alpha value is -1.84. The van der Waals surface area contributed by atoms with E-state index in [0.717, 1.165) is 24.3 Å². The van der Waals surface area contributed by atoms with E-state index >= 15 is 0 Å². The minimum Gasteiger partial charge on any atom is -0.378 e. The summed E-state index contributed by atoms with van der Waals surface area (Å²) >= 11 is 5.97. The summed E-state index contributed by atoms with van der Waals surface area (Å²) in [5, 5.41) is 11.1. The van der Waals surface area contributed by atoms with Gasteiger partial charge in [-0.3, -0.25) is 4.79 Å². The zero-order valence-electron chi connectivity index (χ0n) is 13.6. The number of hydrogen-bond donors (Lipinski definition) is 1. The highest BCUT2D eigenvalue weighted by Gasteiger charge is 2.28. The minimum atomic E-state index is -1.09. The molecule has 3 rings (SSSR count). The largest absolute Gasteiger partial charge is 0.378 e. The van der Waals surface area contributed by atoms with Gasteiger partial charge in [-0.05, 0) is 36.1 Å². The summed E-state index contributed by atoms with van der Waals surface area (Å²) < 4.78 is 0. The molecule has 3 nitrogen and oxygen atoms in total. The van der Waals surface area contributed by atoms with Crippen molar-refractivity contribution in [1.29, 1.82) is 0 Å². The molecule has 1 amide bonds. The lowest BCUT2D eigenvalue weighted by Gasteiger charge is -2.27. The molecule has 1 aliphatic rings. The van der Waals surface area contributed by atoms with E-state index in [1.807, 2.05) is 47.4 Å². The van der Waals surface area contributed by atoms with E-state index in [4.69, 9.17) is 11.6 Å². The smallest absolute Gasteiger partial charge is 0.256 e. The number of carbonyl (C=O) groups excluding carboxylic acids is 1. The first kappa shape index (κ1) is 17.0. The van der Waals surface area contributed by atoms with Crippen LogP contribution >= 0.6 is 11.6 Å². The topological polar surface area (TPSA) is 40.5 Å². The first-order valence-corrected chi connectivity index (χ1v) is 8.80. The molecule has 0 aliphatic carbocycles. The standard InChI is InChI=1S/C20H22ClNO2/c21-18-11-9-15(10-12-18)17-8-4-5-13-22(14-17)20(24)19(23)16-6-2-1-3-7-16/h1-3,6-7,9-12,17,19,23H,4-5,8,13-14H2. The minimum absolute atomic E-state index is 0.206. The quantitative estimate of drug-likeness (QED) is 0.908. The van der Waals surface area contributed by atoms with Crippen molar-refractivity contribution in [2.75, 3.05) is 13.1 Å². The highest BCUT2D eigenvalue weighted by atomic mass is 35.5. The SMILES string of the molecule is O=C(C(O)c1ccccc1)N1CCCCC(c2ccc(Cl)cc2)C1. The Balaban J connectivity index is 1.74. The molecule has 2 atom stereocenters. The van der Waals surface area contributed by atoms with Crippen LogP contribution in [0.3, 0.4) is 0 Å². The number of carbonyl (C=O) groups is 1. The molecule has 1 heterocycles. The first-order chi connectivity index (χ1) is 11.6. The van der Waals surface area contributed by atoms with Crippen LogP contribution < -0.4 is 0 Å². The average Bonchev–Trinajstić information content (AvgIpc) is 2.88. The van der Waals surface area contributed by atoms with Crippen LogP contribution in [-0.4, -0.2) is 29.0 Å². The van der Waals surface area contributed by atoms with Crippen LogP contribution in [0.4, 0.5) is 0 Å². The van der Waals surface area contributed by atoms with Gasteiger partial charge in [0.05, 0.1) is 0 Å². The Labute approximate surface area is 147 Å². The van der Waals surface area contributed by atoms with Crippen LogP contribution in [0.1, 0.15) is 42.4 Å². The molecule has 1 aliphatic heterocycles. The number of nitrogens with zero attached hydrogens (tertiary/aromatic N) is 1. The number of aliphatic hydroxyl groups is 1. The molecule has 2 unspecified atom stereocenters. The van der Waals surface area contributed by atoms with E-state index < -0.39 is 6.10 Å². The van der Waals surface area contributed by atoms with E-state index in [0.29, 0.717) is 18.7 Å². The summed E-state index contributed by atoms with van der Waals surface area (Å²) in [7, 11) is 0. The Morgan fingerprint density at radius 2 is 1.79 bits per heavy atom. The molecule has 0 spiro atoms. The lowest BCUT2D eigenvalue weighted by Crippen LogP contribution is -2.37. The number of halogens is 1. The van der Waals surface area contributed by atoms with Crippen LogP contribution in [0.25, 0.3) is 0 Å². The van der Waals surface area contributed by atoms with Crippen molar-refractivity contribution >= 4 is 17.5 Å². The van der Waals surface area contributed by atoms with Gasteiger partial charge in [-0.1, -0.05) is 60.5 Å². The molecule has 0 radical (unpaired) electrons. The molecular formula is C20H22ClNO2. The number of aliphatic hydroxyl groups excluding tert-OH is 1. The molecular weight excluding hydrogens is 322 g/mol. The monoisotopic (exact) mass is 343 g/mol. The third kappa shape index (κ3) is 3.97. The molecule has 1 saturated heterocycles. The fraction of sp³-hybridized carbons (Fsp3) is 0.350. The van der Waals surface area contributed by atoms with E-state index in [2.05, 4.69) is 0 Å². The number of benzene rings is 2. The van der Waals surface area contributed by atoms with Gasteiger partial charge in [-0.15, -0.1) is 0 Å². The molecule has 2 aromatic carbocycles. The Kier molecular flexibility index (Phi) is 5.54. The van der Waals surface area contributed by atoms with E-state index in [1.165, 1.54) is 5.56 Å². The third-order valence-electron chi connectivity index (χ3n) is 4.67. The van der Waals surface area contributed by atoms with Gasteiger partial charge < -0.3 is 10.0 Å². The van der Waals surface area contributed by atoms with Gasteiger partial charge in [-0.25, -0.2) is 0 Å². The van der Waals surface area contributed by atoms with Crippen LogP contribution in [0.15, 0.2) is 54.6 Å². The molecule has 126 valence electrons. The maximum atomic E-state index is 12.7. The maximum Gasteiger partial charge on any atom is 0.256 e. The second-order valence-electron chi connectivity index (χ2n) is 6.34. The van der Waals surface area contributed by atoms with Crippen molar-refractivity contribution in [1.82, 2.24) is 4.90 Å². The Morgan fingerprint density at radius 3 is 2.50 bits per heavy atom. The molecule has 1 fully saturated rings. The highest BCUT2D eigenvalue weighted by Crippen LogP contribution is 2.29. The molecule has 0 aromatic heterocycles. The summed E-state index contributed by atoms with van der Waals surface area (Å²) in [5.74, 6) is 0.0822. The van der Waals surface area contributed by atoms with E-state index in [-0.39, 0.29) is 11.8 Å². The fourth-order valence-corrected chi connectivity index (χ4v) is 3.43. The molecule has 1 N–H and O–H groups in total. The van der Waals surface area contributed by atoms with Crippen molar-refractivity contribution in [2.45, 2.75) is 31.3 Å². The molecule has 2 aromatic rings. The van der Waals surface area contributed by atoms with Gasteiger partial charge in [0, 0.05) is 24.0 Å². The molecule has 24 heavy (non-hydrogen) atoms. The predicted molar refractivity (Wildman–Crippen MR) is 96.0 cm³/mol. The average molecular weight is 344 g/mol. The zero-order valence-corrected chi connectivity index (χ0v) is 14.3. The lowest BCUT2D eigenvalue weighted by atomic mass is 9.94. The van der Waals surface area contributed by atoms with Crippen LogP contribution in [0.5, 0.6) is 0 Å². The summed E-state index contributed by atoms with van der Waals surface area (Å²) in [5.41, 5.74) is 1.85. The Morgan fingerprint density at radius 1 is 1.08 bits per heavy atom. The van der Waals surface area contributed by atoms with E-state index in [9.17, 15) is 9.90 Å². The maximum absolute atomic E-state index is 12.7. The summed E-state index contributed by atoms with van der Waals surface area (Å²) in [4.78, 5) is 14.5. The van der Waals surface area contributed by atoms with Crippen LogP contribution in [0, 0.1) is 0 Å². The van der Waals surface area contributed by atoms with Gasteiger partial charge in [0.1, 0.15) is 0 Å². The number of likely N-dealkylation sites (tertiary alicyclic amines) is 1. The van der Waals surface area contributed by atoms with Gasteiger partial charge in [0.2, 0.25) is 0 Å². The van der Waals surface area contributed by atoms with Crippen molar-refractivity contribution in [3.63, 3.8) is 0 Å². The second kappa shape index (κ2) is 7.82. The molecule has 0 bridgehead atoms. The summed E-state index contributed by atoms with van der Waals surface area (Å²) in [6.07, 6.45) is 2.01. The lowest BCUT2D eigenvalue weighted by molar-refractivity contribution is -0.140. The summed E-state index contributed by atoms with van der Waals surface area (Å²) in [6, 6.07) is 17.0. The van der Waals surface area contributed by atoms with Gasteiger partial charge >= 0.3 is 0 Å². The predicted octanol–water partition coefficient (Wildman–Crippen LogP) is 4.17. The number of amides is 1. The zero-order chi connectivity index (χ0) is 16.9. The fourth-order valence-electron chi connectivity index (χ4n) is 3.30. The van der Waals surface area contributed by atoms with Gasteiger partial charge in [0.25, 0.3) is 5.91 Å². The van der Waals surface area contributed by atoms with Crippen LogP contribution in [0.2, 0.25) is 5.02 Å². The van der Waals surface area contributed by atoms with Gasteiger partial charge in [-0.2, -0.15) is 0 Å². The Bertz CT molecular complexity index is 672. The second-order valence-corrected chi connectivity index (χ2v) is 6.78. The number of hydrogen-bond acceptors (Lipinski definition) is 2. The van der Waals surface area contributed by atoms with Gasteiger partial charge in [0.15, 0.2) is 6.10 Å². The van der Waals surface area contributed by atoms with Crippen molar-refractivity contribution < 1.29 is 9.90 Å². The molecule has 4 heteroatoms. The normalized spacial score (nSPS) is 19.6. The summed E-state index contributed by atoms with van der Waals surface area (Å²) in [6.45, 7) is 1.34. The van der Waals surface area contributed by atoms with Crippen molar-refractivity contribution in [2.24, 2.45) is 0 Å². The van der Waals surface area contributed by atoms with Crippen molar-refractivity contribution in [3.05, 3.63) is 70.7 Å².